The molecule has 0 saturated carbocycles. The third kappa shape index (κ3) is 7.50. The van der Waals surface area contributed by atoms with Crippen LogP contribution >= 0.6 is 0 Å². The third-order valence-corrected chi connectivity index (χ3v) is 15.0. The molecule has 2 N–H and O–H groups in total. The van der Waals surface area contributed by atoms with Gasteiger partial charge in [0, 0.05) is 107 Å². The number of rotatable bonds is 9. The number of hydrogen-bond donors (Lipinski definition) is 2. The smallest absolute Gasteiger partial charge is 0.261 e. The standard InChI is InChI=1S/C47H55N11O5/c59-42-6-5-40(45(61)51-42)57-28-31-3-4-35(24-36(31)47(57)63)54-19-7-30(8-20-54)27-52-17-9-34(10-18-52)56-29-32-23-39(50-44(60)38-26-49-58-16-1-13-48-43(38)58)41(25-37(32)46(56)62)55-21-11-33(12-22-55)53-14-2-15-53/h1,3-4,13,16,23-26,30,33-34,40H,2,5-12,14-15,17-22,27-29H2,(H,50,60)(H,51,59,61). The Morgan fingerprint density at radius 1 is 0.762 bits per heavy atom. The Morgan fingerprint density at radius 3 is 2.25 bits per heavy atom. The van der Waals surface area contributed by atoms with Crippen LogP contribution in [-0.4, -0.2) is 141 Å². The topological polar surface area (TPSA) is 159 Å². The number of hydrogen-bond acceptors (Lipinski definition) is 11. The van der Waals surface area contributed by atoms with Gasteiger partial charge in [0.05, 0.1) is 17.6 Å². The van der Waals surface area contributed by atoms with Gasteiger partial charge in [0.2, 0.25) is 11.8 Å². The zero-order valence-electron chi connectivity index (χ0n) is 35.7. The summed E-state index contributed by atoms with van der Waals surface area (Å²) in [6, 6.07) is 12.1. The molecule has 2 aromatic carbocycles. The molecule has 16 nitrogen and oxygen atoms in total. The fourth-order valence-electron chi connectivity index (χ4n) is 11.3. The van der Waals surface area contributed by atoms with Crippen LogP contribution in [0.25, 0.3) is 5.65 Å². The largest absolute Gasteiger partial charge is 0.371 e. The molecule has 5 amide bonds. The maximum absolute atomic E-state index is 14.3. The van der Waals surface area contributed by atoms with E-state index in [2.05, 4.69) is 51.3 Å². The molecular formula is C47H55N11O5. The molecule has 0 bridgehead atoms. The number of fused-ring (bicyclic) bond motifs is 3. The second kappa shape index (κ2) is 16.4. The lowest BCUT2D eigenvalue weighted by atomic mass is 9.94. The lowest BCUT2D eigenvalue weighted by molar-refractivity contribution is -0.136. The van der Waals surface area contributed by atoms with E-state index in [9.17, 15) is 24.0 Å². The number of carbonyl (C=O) groups is 5. The van der Waals surface area contributed by atoms with Gasteiger partial charge in [0.1, 0.15) is 11.6 Å². The van der Waals surface area contributed by atoms with Gasteiger partial charge in [-0.15, -0.1) is 0 Å². The van der Waals surface area contributed by atoms with Crippen molar-refractivity contribution in [3.63, 3.8) is 0 Å². The van der Waals surface area contributed by atoms with Crippen molar-refractivity contribution >= 4 is 52.2 Å². The van der Waals surface area contributed by atoms with Crippen molar-refractivity contribution in [2.75, 3.05) is 74.0 Å². The second-order valence-corrected chi connectivity index (χ2v) is 18.7. The quantitative estimate of drug-likeness (QED) is 0.236. The van der Waals surface area contributed by atoms with Gasteiger partial charge in [-0.1, -0.05) is 6.07 Å². The highest BCUT2D eigenvalue weighted by atomic mass is 16.2. The first-order chi connectivity index (χ1) is 30.7. The minimum absolute atomic E-state index is 0.0918. The van der Waals surface area contributed by atoms with Crippen LogP contribution in [-0.2, 0) is 22.7 Å². The molecule has 5 saturated heterocycles. The molecule has 0 aliphatic carbocycles. The van der Waals surface area contributed by atoms with E-state index in [1.807, 2.05) is 24.3 Å². The first-order valence-corrected chi connectivity index (χ1v) is 23.1. The Balaban J connectivity index is 0.707. The van der Waals surface area contributed by atoms with Crippen molar-refractivity contribution in [2.24, 2.45) is 5.92 Å². The maximum atomic E-state index is 14.3. The molecule has 1 atom stereocenters. The van der Waals surface area contributed by atoms with Crippen LogP contribution in [0.3, 0.4) is 0 Å². The number of imide groups is 1. The van der Waals surface area contributed by atoms with Crippen LogP contribution in [0.2, 0.25) is 0 Å². The molecule has 11 rings (SSSR count). The highest BCUT2D eigenvalue weighted by molar-refractivity contribution is 6.10. The fourth-order valence-corrected chi connectivity index (χ4v) is 11.3. The molecule has 0 radical (unpaired) electrons. The number of piperidine rings is 4. The number of anilines is 3. The summed E-state index contributed by atoms with van der Waals surface area (Å²) < 4.78 is 1.60. The predicted molar refractivity (Wildman–Crippen MR) is 236 cm³/mol. The van der Waals surface area contributed by atoms with E-state index in [1.165, 1.54) is 19.5 Å². The summed E-state index contributed by atoms with van der Waals surface area (Å²) in [5.41, 5.74) is 6.88. The zero-order valence-corrected chi connectivity index (χ0v) is 35.7. The third-order valence-electron chi connectivity index (χ3n) is 15.0. The van der Waals surface area contributed by atoms with Crippen molar-refractivity contribution in [3.05, 3.63) is 82.8 Å². The molecule has 0 spiro atoms. The molecule has 16 heteroatoms. The van der Waals surface area contributed by atoms with Crippen molar-refractivity contribution in [1.29, 1.82) is 0 Å². The average Bonchev–Trinajstić information content (AvgIpc) is 3.96. The summed E-state index contributed by atoms with van der Waals surface area (Å²) in [5, 5.41) is 9.94. The van der Waals surface area contributed by atoms with Crippen LogP contribution in [0.1, 0.15) is 100.0 Å². The average molecular weight is 854 g/mol. The molecule has 1 unspecified atom stereocenters. The second-order valence-electron chi connectivity index (χ2n) is 18.7. The Kier molecular flexibility index (Phi) is 10.4. The van der Waals surface area contributed by atoms with Gasteiger partial charge < -0.3 is 34.7 Å². The van der Waals surface area contributed by atoms with E-state index >= 15 is 0 Å². The first kappa shape index (κ1) is 39.9. The van der Waals surface area contributed by atoms with Crippen LogP contribution in [0.5, 0.6) is 0 Å². The van der Waals surface area contributed by atoms with Gasteiger partial charge in [-0.25, -0.2) is 9.50 Å². The van der Waals surface area contributed by atoms with Crippen molar-refractivity contribution in [1.82, 2.24) is 39.5 Å². The minimum atomic E-state index is -0.608. The number of carbonyl (C=O) groups excluding carboxylic acids is 5. The van der Waals surface area contributed by atoms with Gasteiger partial charge in [-0.3, -0.25) is 29.3 Å². The molecular weight excluding hydrogens is 799 g/mol. The van der Waals surface area contributed by atoms with E-state index < -0.39 is 6.04 Å². The fraction of sp³-hybridized carbons (Fsp3) is 0.511. The number of nitrogens with one attached hydrogen (secondary N) is 2. The van der Waals surface area contributed by atoms with Crippen molar-refractivity contribution in [2.45, 2.75) is 89.0 Å². The van der Waals surface area contributed by atoms with E-state index in [-0.39, 0.29) is 42.0 Å². The van der Waals surface area contributed by atoms with Gasteiger partial charge in [0.15, 0.2) is 5.65 Å². The van der Waals surface area contributed by atoms with E-state index in [4.69, 9.17) is 0 Å². The lowest BCUT2D eigenvalue weighted by Gasteiger charge is -2.43. The van der Waals surface area contributed by atoms with E-state index in [1.54, 1.807) is 34.1 Å². The van der Waals surface area contributed by atoms with E-state index in [0.717, 1.165) is 118 Å². The zero-order chi connectivity index (χ0) is 42.8. The van der Waals surface area contributed by atoms with Crippen LogP contribution < -0.4 is 20.4 Å². The summed E-state index contributed by atoms with van der Waals surface area (Å²) >= 11 is 0. The Labute approximate surface area is 366 Å². The lowest BCUT2D eigenvalue weighted by Crippen LogP contribution is -2.52. The van der Waals surface area contributed by atoms with Crippen molar-refractivity contribution < 1.29 is 24.0 Å². The molecule has 4 aromatic rings. The van der Waals surface area contributed by atoms with Crippen LogP contribution in [0.15, 0.2) is 55.0 Å². The first-order valence-electron chi connectivity index (χ1n) is 23.1. The van der Waals surface area contributed by atoms with Crippen LogP contribution in [0.4, 0.5) is 17.1 Å². The normalized spacial score (nSPS) is 23.1. The maximum Gasteiger partial charge on any atom is 0.261 e. The molecule has 5 fully saturated rings. The van der Waals surface area contributed by atoms with Gasteiger partial charge in [-0.2, -0.15) is 5.10 Å². The summed E-state index contributed by atoms with van der Waals surface area (Å²) in [4.78, 5) is 83.7. The Bertz CT molecular complexity index is 2480. The van der Waals surface area contributed by atoms with Crippen LogP contribution in [0, 0.1) is 5.92 Å². The molecule has 7 aliphatic rings. The Morgan fingerprint density at radius 2 is 1.49 bits per heavy atom. The molecule has 63 heavy (non-hydrogen) atoms. The number of benzene rings is 2. The SMILES string of the molecule is O=C1CCC(N2Cc3ccc(N4CCC(CN5CCC(N6Cc7cc(NC(=O)c8cnn9cccnc89)c(N8CCC(N9CCC9)CC8)cc7C6=O)CC5)CC4)cc3C2=O)C(=O)N1. The van der Waals surface area contributed by atoms with Crippen molar-refractivity contribution in [3.8, 4) is 0 Å². The highest BCUT2D eigenvalue weighted by Crippen LogP contribution is 2.39. The number of aromatic nitrogens is 3. The summed E-state index contributed by atoms with van der Waals surface area (Å²) in [5.74, 6) is -0.396. The summed E-state index contributed by atoms with van der Waals surface area (Å²) in [7, 11) is 0. The molecule has 2 aromatic heterocycles. The number of nitrogens with zero attached hydrogens (tertiary/aromatic N) is 9. The van der Waals surface area contributed by atoms with Gasteiger partial charge in [-0.05, 0) is 112 Å². The van der Waals surface area contributed by atoms with E-state index in [0.29, 0.717) is 48.2 Å². The summed E-state index contributed by atoms with van der Waals surface area (Å²) in [6.45, 7) is 9.83. The molecule has 7 aliphatic heterocycles. The number of amides is 5. The van der Waals surface area contributed by atoms with Gasteiger partial charge in [0.25, 0.3) is 17.7 Å². The summed E-state index contributed by atoms with van der Waals surface area (Å²) in [6.07, 6.45) is 13.0. The molecule has 328 valence electrons. The highest BCUT2D eigenvalue weighted by Gasteiger charge is 2.40. The predicted octanol–water partition coefficient (Wildman–Crippen LogP) is 3.75. The Hall–Kier alpha value is -5.87. The molecule has 9 heterocycles. The number of likely N-dealkylation sites (tertiary alicyclic amines) is 2. The van der Waals surface area contributed by atoms with Gasteiger partial charge >= 0.3 is 0 Å². The minimum Gasteiger partial charge on any atom is -0.371 e. The monoisotopic (exact) mass is 853 g/mol.